The third kappa shape index (κ3) is 4.18. The van der Waals surface area contributed by atoms with Crippen molar-refractivity contribution in [1.82, 2.24) is 0 Å². The molecule has 2 heterocycles. The van der Waals surface area contributed by atoms with Crippen LogP contribution >= 0.6 is 0 Å². The van der Waals surface area contributed by atoms with Crippen LogP contribution in [0.4, 0.5) is 0 Å². The molecule has 4 nitrogen and oxygen atoms in total. The van der Waals surface area contributed by atoms with Crippen molar-refractivity contribution in [2.75, 3.05) is 0 Å². The largest absolute Gasteiger partial charge is 0.434 e. The zero-order chi connectivity index (χ0) is 13.8. The van der Waals surface area contributed by atoms with Gasteiger partial charge in [0.1, 0.15) is 0 Å². The fourth-order valence-corrected chi connectivity index (χ4v) is 2.78. The van der Waals surface area contributed by atoms with Crippen LogP contribution in [-0.2, 0) is 19.0 Å². The van der Waals surface area contributed by atoms with Crippen molar-refractivity contribution in [1.29, 1.82) is 0 Å². The molecule has 2 aliphatic heterocycles. The van der Waals surface area contributed by atoms with E-state index in [4.69, 9.17) is 14.2 Å². The Bertz CT molecular complexity index is 303. The second-order valence-electron chi connectivity index (χ2n) is 6.08. The minimum Gasteiger partial charge on any atom is -0.434 e. The Morgan fingerprint density at radius 1 is 1.11 bits per heavy atom. The topological polar surface area (TPSA) is 44.8 Å². The zero-order valence-corrected chi connectivity index (χ0v) is 12.3. The maximum absolute atomic E-state index is 12.1. The highest BCUT2D eigenvalue weighted by molar-refractivity contribution is 5.74. The highest BCUT2D eigenvalue weighted by Gasteiger charge is 2.32. The van der Waals surface area contributed by atoms with Crippen LogP contribution in [0.25, 0.3) is 0 Å². The molecule has 19 heavy (non-hydrogen) atoms. The van der Waals surface area contributed by atoms with E-state index in [-0.39, 0.29) is 24.5 Å². The van der Waals surface area contributed by atoms with Crippen LogP contribution in [0.2, 0.25) is 0 Å². The fourth-order valence-electron chi connectivity index (χ4n) is 2.78. The normalized spacial score (nSPS) is 36.2. The van der Waals surface area contributed by atoms with Gasteiger partial charge in [0.25, 0.3) is 0 Å². The molecule has 0 saturated carbocycles. The van der Waals surface area contributed by atoms with Crippen molar-refractivity contribution >= 4 is 5.97 Å². The molecule has 0 spiro atoms. The van der Waals surface area contributed by atoms with Crippen LogP contribution in [0.15, 0.2) is 0 Å². The standard InChI is InChI=1S/C15H26O4/c1-10(2)12-7-5-9-14(18-12)19-15(16)13-8-4-6-11(3)17-13/h10-14H,4-9H2,1-3H3. The Balaban J connectivity index is 1.81. The molecule has 0 bridgehead atoms. The predicted octanol–water partition coefficient (Wildman–Crippen LogP) is 3.04. The van der Waals surface area contributed by atoms with Gasteiger partial charge in [0.05, 0.1) is 12.2 Å². The summed E-state index contributed by atoms with van der Waals surface area (Å²) < 4.78 is 16.9. The second-order valence-corrected chi connectivity index (χ2v) is 6.08. The van der Waals surface area contributed by atoms with Gasteiger partial charge in [-0.25, -0.2) is 4.79 Å². The van der Waals surface area contributed by atoms with Crippen LogP contribution < -0.4 is 0 Å². The number of hydrogen-bond donors (Lipinski definition) is 0. The van der Waals surface area contributed by atoms with Gasteiger partial charge in [0, 0.05) is 6.42 Å². The first-order valence-corrected chi connectivity index (χ1v) is 7.57. The smallest absolute Gasteiger partial charge is 0.337 e. The predicted molar refractivity (Wildman–Crippen MR) is 71.6 cm³/mol. The maximum atomic E-state index is 12.1. The van der Waals surface area contributed by atoms with Crippen LogP contribution in [-0.4, -0.2) is 30.6 Å². The molecule has 0 amide bonds. The van der Waals surface area contributed by atoms with E-state index in [9.17, 15) is 4.79 Å². The average Bonchev–Trinajstić information content (AvgIpc) is 2.39. The van der Waals surface area contributed by atoms with E-state index in [1.165, 1.54) is 0 Å². The van der Waals surface area contributed by atoms with E-state index in [1.807, 2.05) is 6.92 Å². The summed E-state index contributed by atoms with van der Waals surface area (Å²) in [6, 6.07) is 0. The van der Waals surface area contributed by atoms with Crippen molar-refractivity contribution in [2.24, 2.45) is 5.92 Å². The highest BCUT2D eigenvalue weighted by atomic mass is 16.7. The number of hydrogen-bond acceptors (Lipinski definition) is 4. The van der Waals surface area contributed by atoms with Crippen molar-refractivity contribution in [3.8, 4) is 0 Å². The molecule has 0 aromatic heterocycles. The molecule has 4 atom stereocenters. The summed E-state index contributed by atoms with van der Waals surface area (Å²) in [5, 5.41) is 0. The van der Waals surface area contributed by atoms with Gasteiger partial charge >= 0.3 is 5.97 Å². The van der Waals surface area contributed by atoms with Gasteiger partial charge in [-0.2, -0.15) is 0 Å². The zero-order valence-electron chi connectivity index (χ0n) is 12.3. The third-order valence-corrected chi connectivity index (χ3v) is 3.98. The first kappa shape index (κ1) is 14.8. The highest BCUT2D eigenvalue weighted by Crippen LogP contribution is 2.26. The fraction of sp³-hybridized carbons (Fsp3) is 0.933. The van der Waals surface area contributed by atoms with Gasteiger partial charge in [-0.15, -0.1) is 0 Å². The number of carbonyl (C=O) groups is 1. The Kier molecular flexibility index (Phi) is 5.22. The first-order valence-electron chi connectivity index (χ1n) is 7.57. The Morgan fingerprint density at radius 2 is 1.84 bits per heavy atom. The van der Waals surface area contributed by atoms with Gasteiger partial charge in [0.15, 0.2) is 6.10 Å². The summed E-state index contributed by atoms with van der Waals surface area (Å²) >= 11 is 0. The molecule has 0 aromatic carbocycles. The van der Waals surface area contributed by atoms with Crippen LogP contribution in [0.3, 0.4) is 0 Å². The summed E-state index contributed by atoms with van der Waals surface area (Å²) in [6.45, 7) is 6.28. The summed E-state index contributed by atoms with van der Waals surface area (Å²) in [5.74, 6) is 0.216. The molecule has 0 aromatic rings. The van der Waals surface area contributed by atoms with E-state index in [2.05, 4.69) is 13.8 Å². The van der Waals surface area contributed by atoms with E-state index in [0.29, 0.717) is 5.92 Å². The summed E-state index contributed by atoms with van der Waals surface area (Å²) in [4.78, 5) is 12.1. The van der Waals surface area contributed by atoms with Gasteiger partial charge < -0.3 is 14.2 Å². The van der Waals surface area contributed by atoms with Crippen molar-refractivity contribution in [2.45, 2.75) is 83.9 Å². The molecule has 2 saturated heterocycles. The number of rotatable bonds is 3. The SMILES string of the molecule is CC1CCCC(C(=O)OC2CCCC(C(C)C)O2)O1. The monoisotopic (exact) mass is 270 g/mol. The molecular formula is C15H26O4. The molecule has 4 heteroatoms. The number of carbonyl (C=O) groups excluding carboxylic acids is 1. The molecule has 110 valence electrons. The lowest BCUT2D eigenvalue weighted by Crippen LogP contribution is -2.39. The molecule has 0 N–H and O–H groups in total. The summed E-state index contributed by atoms with van der Waals surface area (Å²) in [6.07, 6.45) is 5.33. The van der Waals surface area contributed by atoms with Crippen LogP contribution in [0.5, 0.6) is 0 Å². The van der Waals surface area contributed by atoms with Gasteiger partial charge in [-0.05, 0) is 44.9 Å². The van der Waals surface area contributed by atoms with E-state index in [1.54, 1.807) is 0 Å². The van der Waals surface area contributed by atoms with Gasteiger partial charge in [-0.3, -0.25) is 0 Å². The van der Waals surface area contributed by atoms with E-state index >= 15 is 0 Å². The molecular weight excluding hydrogens is 244 g/mol. The lowest BCUT2D eigenvalue weighted by Gasteiger charge is -2.33. The number of esters is 1. The van der Waals surface area contributed by atoms with Crippen molar-refractivity contribution < 1.29 is 19.0 Å². The first-order chi connectivity index (χ1) is 9.06. The lowest BCUT2D eigenvalue weighted by atomic mass is 9.98. The van der Waals surface area contributed by atoms with Gasteiger partial charge in [-0.1, -0.05) is 13.8 Å². The molecule has 0 radical (unpaired) electrons. The van der Waals surface area contributed by atoms with E-state index in [0.717, 1.165) is 38.5 Å². The van der Waals surface area contributed by atoms with Crippen molar-refractivity contribution in [3.63, 3.8) is 0 Å². The Labute approximate surface area is 115 Å². The molecule has 2 fully saturated rings. The Morgan fingerprint density at radius 3 is 2.53 bits per heavy atom. The minimum atomic E-state index is -0.397. The summed E-state index contributed by atoms with van der Waals surface area (Å²) in [5.41, 5.74) is 0. The Hall–Kier alpha value is -0.610. The molecule has 4 unspecified atom stereocenters. The van der Waals surface area contributed by atoms with Gasteiger partial charge in [0.2, 0.25) is 6.29 Å². The molecule has 2 aliphatic rings. The molecule has 0 aliphatic carbocycles. The van der Waals surface area contributed by atoms with E-state index < -0.39 is 6.10 Å². The van der Waals surface area contributed by atoms with Crippen LogP contribution in [0, 0.1) is 5.92 Å². The summed E-state index contributed by atoms with van der Waals surface area (Å²) in [7, 11) is 0. The number of ether oxygens (including phenoxy) is 3. The average molecular weight is 270 g/mol. The third-order valence-electron chi connectivity index (χ3n) is 3.98. The van der Waals surface area contributed by atoms with Crippen LogP contribution in [0.1, 0.15) is 59.3 Å². The second kappa shape index (κ2) is 6.71. The lowest BCUT2D eigenvalue weighted by molar-refractivity contribution is -0.220. The quantitative estimate of drug-likeness (QED) is 0.739. The van der Waals surface area contributed by atoms with Crippen molar-refractivity contribution in [3.05, 3.63) is 0 Å². The maximum Gasteiger partial charge on any atom is 0.337 e. The minimum absolute atomic E-state index is 0.155. The molecule has 2 rings (SSSR count).